The lowest BCUT2D eigenvalue weighted by Gasteiger charge is -2.14. The first-order valence-electron chi connectivity index (χ1n) is 14.7. The highest BCUT2D eigenvalue weighted by molar-refractivity contribution is 7.12. The molecular formula is C34H40F2S2. The van der Waals surface area contributed by atoms with Crippen molar-refractivity contribution < 1.29 is 8.78 Å². The third-order valence-corrected chi connectivity index (χ3v) is 10.7. The van der Waals surface area contributed by atoms with Crippen LogP contribution in [-0.2, 0) is 12.8 Å². The molecule has 0 aliphatic heterocycles. The Morgan fingerprint density at radius 3 is 1.29 bits per heavy atom. The minimum Gasteiger partial charge on any atom is -0.194 e. The Morgan fingerprint density at radius 1 is 0.553 bits per heavy atom. The molecule has 5 rings (SSSR count). The molecule has 2 aromatic heterocycles. The fraction of sp³-hybridized carbons (Fsp3) is 0.471. The van der Waals surface area contributed by atoms with Gasteiger partial charge in [-0.2, -0.15) is 8.78 Å². The Kier molecular flexibility index (Phi) is 8.69. The molecule has 0 spiro atoms. The molecule has 0 aliphatic rings. The second-order valence-electron chi connectivity index (χ2n) is 11.1. The molecule has 0 radical (unpaired) electrons. The van der Waals surface area contributed by atoms with Crippen LogP contribution in [0.4, 0.5) is 8.78 Å². The van der Waals surface area contributed by atoms with E-state index in [1.807, 2.05) is 12.1 Å². The van der Waals surface area contributed by atoms with Crippen LogP contribution in [0.5, 0.6) is 0 Å². The van der Waals surface area contributed by atoms with Crippen molar-refractivity contribution in [2.24, 2.45) is 11.8 Å². The van der Waals surface area contributed by atoms with Gasteiger partial charge in [0.05, 0.1) is 0 Å². The summed E-state index contributed by atoms with van der Waals surface area (Å²) in [4.78, 5) is 2.33. The van der Waals surface area contributed by atoms with Gasteiger partial charge in [0.25, 0.3) is 0 Å². The molecule has 38 heavy (non-hydrogen) atoms. The average Bonchev–Trinajstić information content (AvgIpc) is 3.43. The van der Waals surface area contributed by atoms with E-state index in [9.17, 15) is 0 Å². The summed E-state index contributed by atoms with van der Waals surface area (Å²) in [6, 6.07) is 12.5. The molecular weight excluding hydrogens is 511 g/mol. The number of rotatable bonds is 12. The zero-order valence-corrected chi connectivity index (χ0v) is 24.9. The Bertz CT molecular complexity index is 1440. The van der Waals surface area contributed by atoms with Crippen molar-refractivity contribution in [3.8, 4) is 0 Å². The predicted octanol–water partition coefficient (Wildman–Crippen LogP) is 12.2. The summed E-state index contributed by atoms with van der Waals surface area (Å²) in [5.74, 6) is 1.20. The van der Waals surface area contributed by atoms with Crippen LogP contribution in [0.2, 0.25) is 0 Å². The lowest BCUT2D eigenvalue weighted by Crippen LogP contribution is -2.02. The van der Waals surface area contributed by atoms with Crippen molar-refractivity contribution in [3.05, 3.63) is 56.4 Å². The van der Waals surface area contributed by atoms with E-state index in [1.165, 1.54) is 71.0 Å². The first kappa shape index (κ1) is 27.5. The van der Waals surface area contributed by atoms with E-state index < -0.39 is 0 Å². The van der Waals surface area contributed by atoms with E-state index in [1.54, 1.807) is 0 Å². The van der Waals surface area contributed by atoms with Crippen LogP contribution in [-0.4, -0.2) is 0 Å². The van der Waals surface area contributed by atoms with E-state index in [4.69, 9.17) is 0 Å². The summed E-state index contributed by atoms with van der Waals surface area (Å²) in [5.41, 5.74) is 0. The maximum Gasteiger partial charge on any atom is 0.185 e. The molecule has 202 valence electrons. The lowest BCUT2D eigenvalue weighted by molar-refractivity contribution is 0.453. The molecule has 0 amide bonds. The molecule has 0 saturated heterocycles. The van der Waals surface area contributed by atoms with Crippen molar-refractivity contribution in [1.82, 2.24) is 0 Å². The standard InChI is InChI=1S/C34H40F2S2/c1-5-9-11-21(7-3)19-29-27-17-13-23-24-14-18-28-30(20-22(8-4)12-10-6-2)38-34(36)32(28)26(24)16-15-25(23)31(27)33(35)37-29/h13-18,21-22H,5-12,19-20H2,1-4H3. The summed E-state index contributed by atoms with van der Waals surface area (Å²) < 4.78 is 30.9. The van der Waals surface area contributed by atoms with E-state index in [0.29, 0.717) is 11.8 Å². The number of thiophene rings is 2. The second-order valence-corrected chi connectivity index (χ2v) is 13.2. The molecule has 2 atom stereocenters. The summed E-state index contributed by atoms with van der Waals surface area (Å²) in [7, 11) is 0. The Balaban J connectivity index is 1.59. The fourth-order valence-electron chi connectivity index (χ4n) is 6.25. The van der Waals surface area contributed by atoms with Gasteiger partial charge < -0.3 is 0 Å². The van der Waals surface area contributed by atoms with Gasteiger partial charge in [-0.3, -0.25) is 0 Å². The number of unbranched alkanes of at least 4 members (excludes halogenated alkanes) is 2. The van der Waals surface area contributed by atoms with Crippen LogP contribution in [0, 0.1) is 22.1 Å². The molecule has 5 aromatic rings. The van der Waals surface area contributed by atoms with Crippen LogP contribution in [0.15, 0.2) is 36.4 Å². The number of halogens is 2. The molecule has 0 aliphatic carbocycles. The third kappa shape index (κ3) is 5.11. The van der Waals surface area contributed by atoms with Crippen LogP contribution < -0.4 is 0 Å². The highest BCUT2D eigenvalue weighted by Crippen LogP contribution is 2.43. The van der Waals surface area contributed by atoms with Gasteiger partial charge in [0.2, 0.25) is 0 Å². The van der Waals surface area contributed by atoms with Gasteiger partial charge in [0, 0.05) is 20.5 Å². The van der Waals surface area contributed by atoms with Gasteiger partial charge in [-0.05, 0) is 57.0 Å². The first-order valence-corrected chi connectivity index (χ1v) is 16.3. The van der Waals surface area contributed by atoms with E-state index >= 15 is 8.78 Å². The molecule has 2 heterocycles. The largest absolute Gasteiger partial charge is 0.194 e. The van der Waals surface area contributed by atoms with E-state index in [2.05, 4.69) is 52.0 Å². The maximum absolute atomic E-state index is 15.5. The van der Waals surface area contributed by atoms with Crippen LogP contribution in [0.1, 0.15) is 88.8 Å². The predicted molar refractivity (Wildman–Crippen MR) is 166 cm³/mol. The molecule has 0 N–H and O–H groups in total. The van der Waals surface area contributed by atoms with Crippen molar-refractivity contribution in [2.45, 2.75) is 91.9 Å². The van der Waals surface area contributed by atoms with Gasteiger partial charge in [-0.1, -0.05) is 115 Å². The first-order chi connectivity index (χ1) is 18.5. The summed E-state index contributed by atoms with van der Waals surface area (Å²) in [5, 5.41) is 7.32. The molecule has 4 heteroatoms. The quantitative estimate of drug-likeness (QED) is 0.136. The normalized spacial score (nSPS) is 13.8. The Labute approximate surface area is 234 Å². The SMILES string of the molecule is CCCCC(CC)Cc1sc(F)c2c1ccc1c3ccc4c(CC(CC)CCCC)sc(F)c4c3ccc12. The molecule has 0 nitrogen and oxygen atoms in total. The van der Waals surface area contributed by atoms with Crippen molar-refractivity contribution in [1.29, 1.82) is 0 Å². The number of fused-ring (bicyclic) bond motifs is 7. The summed E-state index contributed by atoms with van der Waals surface area (Å²) >= 11 is 2.64. The lowest BCUT2D eigenvalue weighted by atomic mass is 9.91. The second kappa shape index (κ2) is 12.0. The van der Waals surface area contributed by atoms with Crippen molar-refractivity contribution >= 4 is 65.8 Å². The van der Waals surface area contributed by atoms with Gasteiger partial charge in [0.1, 0.15) is 0 Å². The van der Waals surface area contributed by atoms with Gasteiger partial charge in [0.15, 0.2) is 10.3 Å². The van der Waals surface area contributed by atoms with Crippen LogP contribution >= 0.6 is 22.7 Å². The van der Waals surface area contributed by atoms with Crippen LogP contribution in [0.25, 0.3) is 43.1 Å². The average molecular weight is 551 g/mol. The van der Waals surface area contributed by atoms with Crippen molar-refractivity contribution in [3.63, 3.8) is 0 Å². The Hall–Kier alpha value is -2.04. The Morgan fingerprint density at radius 2 is 0.921 bits per heavy atom. The number of hydrogen-bond acceptors (Lipinski definition) is 2. The molecule has 3 aromatic carbocycles. The van der Waals surface area contributed by atoms with Gasteiger partial charge in [-0.25, -0.2) is 0 Å². The monoisotopic (exact) mass is 550 g/mol. The molecule has 2 unspecified atom stereocenters. The fourth-order valence-corrected chi connectivity index (χ4v) is 8.53. The zero-order valence-electron chi connectivity index (χ0n) is 23.3. The van der Waals surface area contributed by atoms with Gasteiger partial charge >= 0.3 is 0 Å². The third-order valence-electron chi connectivity index (χ3n) is 8.65. The minimum atomic E-state index is -0.0898. The van der Waals surface area contributed by atoms with E-state index in [0.717, 1.165) is 68.8 Å². The van der Waals surface area contributed by atoms with E-state index in [-0.39, 0.29) is 10.3 Å². The molecule has 0 bridgehead atoms. The van der Waals surface area contributed by atoms with Crippen molar-refractivity contribution in [2.75, 3.05) is 0 Å². The molecule has 0 saturated carbocycles. The topological polar surface area (TPSA) is 0 Å². The highest BCUT2D eigenvalue weighted by Gasteiger charge is 2.21. The minimum absolute atomic E-state index is 0.0898. The van der Waals surface area contributed by atoms with Gasteiger partial charge in [-0.15, -0.1) is 22.7 Å². The van der Waals surface area contributed by atoms with Crippen LogP contribution in [0.3, 0.4) is 0 Å². The summed E-state index contributed by atoms with van der Waals surface area (Å²) in [6.45, 7) is 8.96. The zero-order chi connectivity index (χ0) is 26.8. The molecule has 0 fully saturated rings. The number of hydrogen-bond donors (Lipinski definition) is 0. The smallest absolute Gasteiger partial charge is 0.185 e. The summed E-state index contributed by atoms with van der Waals surface area (Å²) in [6.07, 6.45) is 11.4. The highest BCUT2D eigenvalue weighted by atomic mass is 32.1. The maximum atomic E-state index is 15.5. The number of benzene rings is 3.